The van der Waals surface area contributed by atoms with Crippen LogP contribution in [0.15, 0.2) is 12.1 Å². The van der Waals surface area contributed by atoms with Crippen LogP contribution in [0.1, 0.15) is 13.8 Å². The summed E-state index contributed by atoms with van der Waals surface area (Å²) in [6.07, 6.45) is 0. The van der Waals surface area contributed by atoms with E-state index in [4.69, 9.17) is 19.9 Å². The Morgan fingerprint density at radius 1 is 1.28 bits per heavy atom. The molecule has 0 radical (unpaired) electrons. The summed E-state index contributed by atoms with van der Waals surface area (Å²) in [5, 5.41) is 3.27. The third-order valence-corrected chi connectivity index (χ3v) is 2.97. The third-order valence-electron chi connectivity index (χ3n) is 2.97. The summed E-state index contributed by atoms with van der Waals surface area (Å²) >= 11 is 0. The van der Waals surface area contributed by atoms with Gasteiger partial charge in [0.2, 0.25) is 0 Å². The van der Waals surface area contributed by atoms with Crippen LogP contribution >= 0.6 is 0 Å². The summed E-state index contributed by atoms with van der Waals surface area (Å²) in [6, 6.07) is 3.66. The van der Waals surface area contributed by atoms with Gasteiger partial charge in [0.25, 0.3) is 0 Å². The molecule has 1 aliphatic rings. The average molecular weight is 252 g/mol. The van der Waals surface area contributed by atoms with Gasteiger partial charge in [0.15, 0.2) is 11.5 Å². The number of fused-ring (bicyclic) bond motifs is 1. The number of nitrogen functional groups attached to an aromatic ring is 1. The summed E-state index contributed by atoms with van der Waals surface area (Å²) in [6.45, 7) is 5.81. The third kappa shape index (κ3) is 2.79. The van der Waals surface area contributed by atoms with E-state index < -0.39 is 0 Å². The van der Waals surface area contributed by atoms with Crippen molar-refractivity contribution < 1.29 is 14.2 Å². The van der Waals surface area contributed by atoms with Crippen molar-refractivity contribution in [3.05, 3.63) is 12.1 Å². The van der Waals surface area contributed by atoms with Crippen LogP contribution in [-0.4, -0.2) is 32.5 Å². The van der Waals surface area contributed by atoms with Crippen LogP contribution < -0.4 is 20.5 Å². The predicted octanol–water partition coefficient (Wildman–Crippen LogP) is 1.88. The quantitative estimate of drug-likeness (QED) is 0.801. The lowest BCUT2D eigenvalue weighted by Gasteiger charge is -2.25. The number of hydrogen-bond donors (Lipinski definition) is 2. The molecule has 0 saturated heterocycles. The maximum absolute atomic E-state index is 5.98. The highest BCUT2D eigenvalue weighted by Crippen LogP contribution is 2.37. The van der Waals surface area contributed by atoms with Gasteiger partial charge >= 0.3 is 0 Å². The fourth-order valence-corrected chi connectivity index (χ4v) is 1.64. The molecule has 18 heavy (non-hydrogen) atoms. The van der Waals surface area contributed by atoms with E-state index in [1.54, 1.807) is 13.2 Å². The lowest BCUT2D eigenvalue weighted by molar-refractivity contribution is 0.0344. The van der Waals surface area contributed by atoms with Crippen LogP contribution in [0.4, 0.5) is 11.4 Å². The SMILES string of the molecule is COC(C)(C)CNc1cc2c(cc1N)OCCO2. The van der Waals surface area contributed by atoms with E-state index in [0.717, 1.165) is 11.4 Å². The van der Waals surface area contributed by atoms with Crippen molar-refractivity contribution in [3.63, 3.8) is 0 Å². The fraction of sp³-hybridized carbons (Fsp3) is 0.538. The van der Waals surface area contributed by atoms with E-state index in [1.165, 1.54) is 0 Å². The van der Waals surface area contributed by atoms with E-state index in [-0.39, 0.29) is 5.60 Å². The summed E-state index contributed by atoms with van der Waals surface area (Å²) < 4.78 is 16.3. The van der Waals surface area contributed by atoms with E-state index in [1.807, 2.05) is 19.9 Å². The number of ether oxygens (including phenoxy) is 3. The molecule has 0 fully saturated rings. The van der Waals surface area contributed by atoms with Crippen LogP contribution in [-0.2, 0) is 4.74 Å². The number of rotatable bonds is 4. The largest absolute Gasteiger partial charge is 0.486 e. The zero-order valence-electron chi connectivity index (χ0n) is 11.1. The molecule has 5 nitrogen and oxygen atoms in total. The number of anilines is 2. The molecule has 0 atom stereocenters. The van der Waals surface area contributed by atoms with Crippen molar-refractivity contribution in [1.82, 2.24) is 0 Å². The summed E-state index contributed by atoms with van der Waals surface area (Å²) in [5.74, 6) is 1.43. The first-order valence-electron chi connectivity index (χ1n) is 6.00. The average Bonchev–Trinajstić information content (AvgIpc) is 2.36. The Balaban J connectivity index is 2.13. The van der Waals surface area contributed by atoms with Gasteiger partial charge in [-0.1, -0.05) is 0 Å². The monoisotopic (exact) mass is 252 g/mol. The van der Waals surface area contributed by atoms with Gasteiger partial charge in [-0.15, -0.1) is 0 Å². The van der Waals surface area contributed by atoms with Crippen LogP contribution in [0, 0.1) is 0 Å². The van der Waals surface area contributed by atoms with Crippen molar-refractivity contribution in [2.24, 2.45) is 0 Å². The summed E-state index contributed by atoms with van der Waals surface area (Å²) in [4.78, 5) is 0. The summed E-state index contributed by atoms with van der Waals surface area (Å²) in [5.41, 5.74) is 7.21. The minimum Gasteiger partial charge on any atom is -0.486 e. The Morgan fingerprint density at radius 2 is 1.89 bits per heavy atom. The molecule has 0 spiro atoms. The number of benzene rings is 1. The van der Waals surface area contributed by atoms with E-state index >= 15 is 0 Å². The lowest BCUT2D eigenvalue weighted by Crippen LogP contribution is -2.32. The zero-order valence-corrected chi connectivity index (χ0v) is 11.1. The normalized spacial score (nSPS) is 14.4. The molecular weight excluding hydrogens is 232 g/mol. The van der Waals surface area contributed by atoms with Crippen molar-refractivity contribution in [2.75, 3.05) is 37.9 Å². The van der Waals surface area contributed by atoms with E-state index in [0.29, 0.717) is 31.2 Å². The molecule has 100 valence electrons. The zero-order chi connectivity index (χ0) is 13.2. The molecule has 0 amide bonds. The lowest BCUT2D eigenvalue weighted by atomic mass is 10.1. The number of hydrogen-bond acceptors (Lipinski definition) is 5. The Labute approximate surface area is 107 Å². The first-order chi connectivity index (χ1) is 8.52. The van der Waals surface area contributed by atoms with Crippen LogP contribution in [0.5, 0.6) is 11.5 Å². The summed E-state index contributed by atoms with van der Waals surface area (Å²) in [7, 11) is 1.69. The van der Waals surface area contributed by atoms with Crippen molar-refractivity contribution >= 4 is 11.4 Å². The first-order valence-corrected chi connectivity index (χ1v) is 6.00. The second-order valence-electron chi connectivity index (χ2n) is 4.90. The topological polar surface area (TPSA) is 65.7 Å². The van der Waals surface area contributed by atoms with Gasteiger partial charge in [-0.3, -0.25) is 0 Å². The van der Waals surface area contributed by atoms with Crippen LogP contribution in [0.3, 0.4) is 0 Å². The van der Waals surface area contributed by atoms with Gasteiger partial charge in [0, 0.05) is 25.8 Å². The second kappa shape index (κ2) is 4.94. The smallest absolute Gasteiger partial charge is 0.163 e. The van der Waals surface area contributed by atoms with Crippen molar-refractivity contribution in [3.8, 4) is 11.5 Å². The standard InChI is InChI=1S/C13H20N2O3/c1-13(2,16-3)8-15-10-7-12-11(6-9(10)14)17-4-5-18-12/h6-7,15H,4-5,8,14H2,1-3H3. The maximum atomic E-state index is 5.98. The molecule has 1 aliphatic heterocycles. The highest BCUT2D eigenvalue weighted by atomic mass is 16.6. The van der Waals surface area contributed by atoms with Gasteiger partial charge in [-0.2, -0.15) is 0 Å². The van der Waals surface area contributed by atoms with Crippen molar-refractivity contribution in [1.29, 1.82) is 0 Å². The Morgan fingerprint density at radius 3 is 2.50 bits per heavy atom. The van der Waals surface area contributed by atoms with Gasteiger partial charge < -0.3 is 25.3 Å². The van der Waals surface area contributed by atoms with Crippen LogP contribution in [0.2, 0.25) is 0 Å². The molecular formula is C13H20N2O3. The van der Waals surface area contributed by atoms with Gasteiger partial charge in [0.1, 0.15) is 13.2 Å². The molecule has 1 aromatic rings. The van der Waals surface area contributed by atoms with Crippen molar-refractivity contribution in [2.45, 2.75) is 19.4 Å². The Hall–Kier alpha value is -1.62. The number of methoxy groups -OCH3 is 1. The maximum Gasteiger partial charge on any atom is 0.163 e. The van der Waals surface area contributed by atoms with Gasteiger partial charge in [-0.05, 0) is 13.8 Å². The number of nitrogens with two attached hydrogens (primary N) is 1. The highest BCUT2D eigenvalue weighted by molar-refractivity contribution is 5.72. The Kier molecular flexibility index (Phi) is 3.52. The molecule has 0 aliphatic carbocycles. The Bertz CT molecular complexity index is 432. The molecule has 0 aromatic heterocycles. The van der Waals surface area contributed by atoms with E-state index in [9.17, 15) is 0 Å². The molecule has 5 heteroatoms. The van der Waals surface area contributed by atoms with Gasteiger partial charge in [0.05, 0.1) is 17.0 Å². The minimum absolute atomic E-state index is 0.250. The second-order valence-corrected chi connectivity index (χ2v) is 4.90. The minimum atomic E-state index is -0.250. The predicted molar refractivity (Wildman–Crippen MR) is 71.4 cm³/mol. The first kappa shape index (κ1) is 12.8. The number of nitrogens with one attached hydrogen (secondary N) is 1. The molecule has 0 saturated carbocycles. The van der Waals surface area contributed by atoms with Crippen LogP contribution in [0.25, 0.3) is 0 Å². The fourth-order valence-electron chi connectivity index (χ4n) is 1.64. The molecule has 1 aromatic carbocycles. The molecule has 0 bridgehead atoms. The molecule has 2 rings (SSSR count). The molecule has 0 unspecified atom stereocenters. The molecule has 3 N–H and O–H groups in total. The molecule has 1 heterocycles. The van der Waals surface area contributed by atoms with Gasteiger partial charge in [-0.25, -0.2) is 0 Å². The highest BCUT2D eigenvalue weighted by Gasteiger charge is 2.18. The van der Waals surface area contributed by atoms with E-state index in [2.05, 4.69) is 5.32 Å².